The first-order valence-electron chi connectivity index (χ1n) is 8.96. The van der Waals surface area contributed by atoms with Gasteiger partial charge < -0.3 is 5.32 Å². The maximum atomic E-state index is 9.88. The van der Waals surface area contributed by atoms with Crippen molar-refractivity contribution in [3.63, 3.8) is 0 Å². The molecule has 5 heteroatoms. The molecular formula is C23H17Cl2N3. The third-order valence-electron chi connectivity index (χ3n) is 4.70. The molecule has 0 saturated heterocycles. The Morgan fingerprint density at radius 2 is 1.64 bits per heavy atom. The van der Waals surface area contributed by atoms with Gasteiger partial charge in [-0.05, 0) is 41.8 Å². The SMILES string of the molecule is N#Cc1c(-c2ccc(Cl)cc2)c(NCCc2ccccc2)n2c(Cl)cccc12. The van der Waals surface area contributed by atoms with Crippen molar-refractivity contribution < 1.29 is 0 Å². The van der Waals surface area contributed by atoms with Gasteiger partial charge >= 0.3 is 0 Å². The van der Waals surface area contributed by atoms with Crippen molar-refractivity contribution in [3.05, 3.63) is 94.1 Å². The lowest BCUT2D eigenvalue weighted by Crippen LogP contribution is -2.08. The van der Waals surface area contributed by atoms with E-state index < -0.39 is 0 Å². The zero-order valence-corrected chi connectivity index (χ0v) is 16.5. The van der Waals surface area contributed by atoms with Gasteiger partial charge in [0.15, 0.2) is 0 Å². The van der Waals surface area contributed by atoms with Gasteiger partial charge in [-0.25, -0.2) is 0 Å². The van der Waals surface area contributed by atoms with Crippen molar-refractivity contribution in [2.75, 3.05) is 11.9 Å². The van der Waals surface area contributed by atoms with Crippen molar-refractivity contribution in [3.8, 4) is 17.2 Å². The lowest BCUT2D eigenvalue weighted by Gasteiger charge is -2.11. The fourth-order valence-corrected chi connectivity index (χ4v) is 3.79. The number of aromatic nitrogens is 1. The van der Waals surface area contributed by atoms with Gasteiger partial charge in [0, 0.05) is 17.1 Å². The van der Waals surface area contributed by atoms with Gasteiger partial charge in [0.2, 0.25) is 0 Å². The van der Waals surface area contributed by atoms with E-state index >= 15 is 0 Å². The van der Waals surface area contributed by atoms with Crippen LogP contribution >= 0.6 is 23.2 Å². The third kappa shape index (κ3) is 3.45. The van der Waals surface area contributed by atoms with Crippen molar-refractivity contribution in [1.82, 2.24) is 4.40 Å². The summed E-state index contributed by atoms with van der Waals surface area (Å²) < 4.78 is 1.90. The van der Waals surface area contributed by atoms with E-state index in [2.05, 4.69) is 23.5 Å². The molecule has 4 rings (SSSR count). The number of nitrogens with zero attached hydrogens (tertiary/aromatic N) is 2. The first kappa shape index (κ1) is 18.4. The smallest absolute Gasteiger partial charge is 0.121 e. The molecule has 28 heavy (non-hydrogen) atoms. The van der Waals surface area contributed by atoms with Crippen molar-refractivity contribution in [1.29, 1.82) is 5.26 Å². The average Bonchev–Trinajstić information content (AvgIpc) is 3.04. The molecule has 2 heterocycles. The first-order valence-corrected chi connectivity index (χ1v) is 9.71. The summed E-state index contributed by atoms with van der Waals surface area (Å²) in [4.78, 5) is 0. The van der Waals surface area contributed by atoms with Crippen LogP contribution in [0.25, 0.3) is 16.6 Å². The number of halogens is 2. The van der Waals surface area contributed by atoms with Gasteiger partial charge in [-0.2, -0.15) is 5.26 Å². The van der Waals surface area contributed by atoms with Crippen LogP contribution < -0.4 is 5.32 Å². The summed E-state index contributed by atoms with van der Waals surface area (Å²) in [6.45, 7) is 0.715. The van der Waals surface area contributed by atoms with E-state index in [-0.39, 0.29) is 0 Å². The molecule has 4 aromatic rings. The number of hydrogen-bond acceptors (Lipinski definition) is 2. The normalized spacial score (nSPS) is 10.8. The number of nitrogens with one attached hydrogen (secondary N) is 1. The number of benzene rings is 2. The molecule has 0 aliphatic carbocycles. The van der Waals surface area contributed by atoms with Crippen LogP contribution in [0.15, 0.2) is 72.8 Å². The highest BCUT2D eigenvalue weighted by molar-refractivity contribution is 6.31. The fourth-order valence-electron chi connectivity index (χ4n) is 3.41. The topological polar surface area (TPSA) is 40.2 Å². The molecule has 0 bridgehead atoms. The second-order valence-electron chi connectivity index (χ2n) is 6.45. The molecule has 0 radical (unpaired) electrons. The number of hydrogen-bond donors (Lipinski definition) is 1. The molecule has 0 fully saturated rings. The van der Waals surface area contributed by atoms with E-state index in [0.29, 0.717) is 22.3 Å². The molecule has 0 atom stereocenters. The van der Waals surface area contributed by atoms with Crippen LogP contribution in [0.4, 0.5) is 5.82 Å². The number of pyridine rings is 1. The maximum absolute atomic E-state index is 9.88. The molecule has 0 spiro atoms. The number of rotatable bonds is 5. The molecular weight excluding hydrogens is 389 g/mol. The van der Waals surface area contributed by atoms with Crippen LogP contribution in [0.3, 0.4) is 0 Å². The summed E-state index contributed by atoms with van der Waals surface area (Å²) in [6, 6.07) is 25.7. The molecule has 0 aliphatic heterocycles. The largest absolute Gasteiger partial charge is 0.370 e. The van der Waals surface area contributed by atoms with Crippen LogP contribution in [0.5, 0.6) is 0 Å². The Balaban J connectivity index is 1.81. The highest BCUT2D eigenvalue weighted by Crippen LogP contribution is 2.38. The Hall–Kier alpha value is -2.93. The summed E-state index contributed by atoms with van der Waals surface area (Å²) in [5.41, 5.74) is 4.37. The van der Waals surface area contributed by atoms with Gasteiger partial charge in [-0.15, -0.1) is 0 Å². The first-order chi connectivity index (χ1) is 13.7. The van der Waals surface area contributed by atoms with Gasteiger partial charge in [-0.1, -0.05) is 71.7 Å². The van der Waals surface area contributed by atoms with Crippen LogP contribution in [0.2, 0.25) is 10.2 Å². The summed E-state index contributed by atoms with van der Waals surface area (Å²) in [5, 5.41) is 14.6. The van der Waals surface area contributed by atoms with Gasteiger partial charge in [0.05, 0.1) is 11.1 Å². The van der Waals surface area contributed by atoms with E-state index in [1.807, 2.05) is 65.1 Å². The molecule has 0 unspecified atom stereocenters. The molecule has 0 aliphatic rings. The number of nitriles is 1. The molecule has 3 nitrogen and oxygen atoms in total. The van der Waals surface area contributed by atoms with Crippen LogP contribution in [-0.2, 0) is 6.42 Å². The number of fused-ring (bicyclic) bond motifs is 1. The summed E-state index contributed by atoms with van der Waals surface area (Å²) >= 11 is 12.6. The minimum absolute atomic E-state index is 0.552. The highest BCUT2D eigenvalue weighted by Gasteiger charge is 2.21. The fraction of sp³-hybridized carbons (Fsp3) is 0.0870. The summed E-state index contributed by atoms with van der Waals surface area (Å²) in [5.74, 6) is 0.815. The van der Waals surface area contributed by atoms with E-state index in [1.165, 1.54) is 5.56 Å². The van der Waals surface area contributed by atoms with E-state index in [9.17, 15) is 5.26 Å². The van der Waals surface area contributed by atoms with Gasteiger partial charge in [-0.3, -0.25) is 4.40 Å². The highest BCUT2D eigenvalue weighted by atomic mass is 35.5. The standard InChI is InChI=1S/C23H17Cl2N3/c24-18-11-9-17(10-12-18)22-19(15-26)20-7-4-8-21(25)28(20)23(22)27-14-13-16-5-2-1-3-6-16/h1-12,27H,13-14H2. The molecule has 2 aromatic heterocycles. The minimum atomic E-state index is 0.552. The second kappa shape index (κ2) is 7.98. The Morgan fingerprint density at radius 3 is 2.36 bits per heavy atom. The zero-order valence-electron chi connectivity index (χ0n) is 15.0. The second-order valence-corrected chi connectivity index (χ2v) is 7.27. The van der Waals surface area contributed by atoms with Gasteiger partial charge in [0.1, 0.15) is 17.0 Å². The molecule has 2 aromatic carbocycles. The molecule has 0 amide bonds. The summed E-state index contributed by atoms with van der Waals surface area (Å²) in [7, 11) is 0. The quantitative estimate of drug-likeness (QED) is 0.388. The van der Waals surface area contributed by atoms with Crippen molar-refractivity contribution in [2.45, 2.75) is 6.42 Å². The Morgan fingerprint density at radius 1 is 0.893 bits per heavy atom. The lowest BCUT2D eigenvalue weighted by atomic mass is 10.0. The minimum Gasteiger partial charge on any atom is -0.370 e. The number of anilines is 1. The van der Waals surface area contributed by atoms with Crippen LogP contribution in [-0.4, -0.2) is 10.9 Å². The average molecular weight is 406 g/mol. The van der Waals surface area contributed by atoms with Gasteiger partial charge in [0.25, 0.3) is 0 Å². The van der Waals surface area contributed by atoms with Crippen molar-refractivity contribution >= 4 is 34.5 Å². The van der Waals surface area contributed by atoms with Crippen molar-refractivity contribution in [2.24, 2.45) is 0 Å². The van der Waals surface area contributed by atoms with E-state index in [1.54, 1.807) is 0 Å². The lowest BCUT2D eigenvalue weighted by molar-refractivity contribution is 0.999. The zero-order chi connectivity index (χ0) is 19.5. The third-order valence-corrected chi connectivity index (χ3v) is 5.25. The Bertz CT molecular complexity index is 1160. The monoisotopic (exact) mass is 405 g/mol. The van der Waals surface area contributed by atoms with E-state index in [4.69, 9.17) is 23.2 Å². The summed E-state index contributed by atoms with van der Waals surface area (Å²) in [6.07, 6.45) is 0.862. The van der Waals surface area contributed by atoms with E-state index in [0.717, 1.165) is 28.9 Å². The molecule has 138 valence electrons. The Kier molecular flexibility index (Phi) is 5.25. The molecule has 0 saturated carbocycles. The predicted molar refractivity (Wildman–Crippen MR) is 116 cm³/mol. The van der Waals surface area contributed by atoms with Crippen LogP contribution in [0, 0.1) is 11.3 Å². The molecule has 1 N–H and O–H groups in total. The predicted octanol–water partition coefficient (Wildman–Crippen LogP) is 6.44. The van der Waals surface area contributed by atoms with Crippen LogP contribution in [0.1, 0.15) is 11.1 Å². The maximum Gasteiger partial charge on any atom is 0.121 e. The Labute approximate surface area is 173 Å².